The summed E-state index contributed by atoms with van der Waals surface area (Å²) in [7, 11) is 0. The van der Waals surface area contributed by atoms with Crippen LogP contribution in [0.5, 0.6) is 11.5 Å². The highest BCUT2D eigenvalue weighted by molar-refractivity contribution is 5.82. The number of carbonyl (C=O) groups is 1. The summed E-state index contributed by atoms with van der Waals surface area (Å²) >= 11 is 0. The molecule has 25 heavy (non-hydrogen) atoms. The predicted octanol–water partition coefficient (Wildman–Crippen LogP) is 2.52. The van der Waals surface area contributed by atoms with Crippen LogP contribution in [0, 0.1) is 10.1 Å². The summed E-state index contributed by atoms with van der Waals surface area (Å²) in [5.74, 6) is 0.927. The molecule has 0 aliphatic carbocycles. The van der Waals surface area contributed by atoms with Crippen molar-refractivity contribution in [3.8, 4) is 11.5 Å². The Balaban J connectivity index is 1.78. The first-order valence-corrected chi connectivity index (χ1v) is 7.44. The zero-order valence-electron chi connectivity index (χ0n) is 13.5. The van der Waals surface area contributed by atoms with E-state index in [2.05, 4.69) is 10.5 Å². The standard InChI is InChI=1S/C17H17N3O5/c1-13(21)19-18-12-14-3-2-4-17(11-14)25-10-9-24-16-7-5-15(6-8-16)20(22)23/h2-8,11-12H,9-10H2,1H3,(H,19,21). The van der Waals surface area contributed by atoms with Gasteiger partial charge >= 0.3 is 0 Å². The molecule has 0 aliphatic heterocycles. The first kappa shape index (κ1) is 17.9. The zero-order valence-corrected chi connectivity index (χ0v) is 13.5. The summed E-state index contributed by atoms with van der Waals surface area (Å²) in [6.45, 7) is 1.98. The molecule has 0 spiro atoms. The number of hydrogen-bond donors (Lipinski definition) is 1. The number of rotatable bonds is 8. The molecule has 0 fully saturated rings. The van der Waals surface area contributed by atoms with E-state index in [9.17, 15) is 14.9 Å². The second kappa shape index (κ2) is 9.02. The smallest absolute Gasteiger partial charge is 0.269 e. The quantitative estimate of drug-likeness (QED) is 0.343. The fourth-order valence-electron chi connectivity index (χ4n) is 1.87. The molecule has 0 aliphatic rings. The average molecular weight is 343 g/mol. The normalized spacial score (nSPS) is 10.4. The fraction of sp³-hybridized carbons (Fsp3) is 0.176. The molecule has 1 amide bonds. The average Bonchev–Trinajstić information content (AvgIpc) is 2.59. The number of nitrogens with zero attached hydrogens (tertiary/aromatic N) is 2. The van der Waals surface area contributed by atoms with Crippen molar-refractivity contribution in [2.24, 2.45) is 5.10 Å². The minimum atomic E-state index is -0.463. The Morgan fingerprint density at radius 2 is 1.84 bits per heavy atom. The van der Waals surface area contributed by atoms with Gasteiger partial charge in [-0.1, -0.05) is 12.1 Å². The third-order valence-corrected chi connectivity index (χ3v) is 2.96. The maximum Gasteiger partial charge on any atom is 0.269 e. The van der Waals surface area contributed by atoms with Gasteiger partial charge in [0.15, 0.2) is 0 Å². The summed E-state index contributed by atoms with van der Waals surface area (Å²) in [5.41, 5.74) is 3.12. The van der Waals surface area contributed by atoms with Gasteiger partial charge in [-0.2, -0.15) is 5.10 Å². The molecule has 2 aromatic rings. The molecule has 0 radical (unpaired) electrons. The Hall–Kier alpha value is -3.42. The van der Waals surface area contributed by atoms with Crippen LogP contribution in [0.3, 0.4) is 0 Å². The van der Waals surface area contributed by atoms with Crippen molar-refractivity contribution in [3.05, 3.63) is 64.2 Å². The van der Waals surface area contributed by atoms with Gasteiger partial charge < -0.3 is 9.47 Å². The maximum atomic E-state index is 10.7. The van der Waals surface area contributed by atoms with Crippen LogP contribution in [0.15, 0.2) is 53.6 Å². The first-order valence-electron chi connectivity index (χ1n) is 7.44. The topological polar surface area (TPSA) is 103 Å². The van der Waals surface area contributed by atoms with E-state index in [1.807, 2.05) is 12.1 Å². The summed E-state index contributed by atoms with van der Waals surface area (Å²) in [5, 5.41) is 14.4. The molecule has 0 atom stereocenters. The van der Waals surface area contributed by atoms with Crippen LogP contribution in [-0.2, 0) is 4.79 Å². The fourth-order valence-corrected chi connectivity index (χ4v) is 1.87. The number of nitro benzene ring substituents is 1. The zero-order chi connectivity index (χ0) is 18.1. The van der Waals surface area contributed by atoms with E-state index < -0.39 is 4.92 Å². The van der Waals surface area contributed by atoms with Gasteiger partial charge in [-0.15, -0.1) is 0 Å². The van der Waals surface area contributed by atoms with Crippen LogP contribution in [0.1, 0.15) is 12.5 Å². The van der Waals surface area contributed by atoms with E-state index in [1.54, 1.807) is 12.1 Å². The molecular formula is C17H17N3O5. The van der Waals surface area contributed by atoms with Crippen LogP contribution in [0.25, 0.3) is 0 Å². The van der Waals surface area contributed by atoms with Crippen LogP contribution in [0.2, 0.25) is 0 Å². The summed E-state index contributed by atoms with van der Waals surface area (Å²) in [4.78, 5) is 20.9. The molecule has 0 heterocycles. The number of benzene rings is 2. The molecule has 8 heteroatoms. The van der Waals surface area contributed by atoms with Gasteiger partial charge in [0.05, 0.1) is 11.1 Å². The molecule has 2 aromatic carbocycles. The molecule has 130 valence electrons. The lowest BCUT2D eigenvalue weighted by atomic mass is 10.2. The molecule has 8 nitrogen and oxygen atoms in total. The molecular weight excluding hydrogens is 326 g/mol. The van der Waals surface area contributed by atoms with Crippen molar-refractivity contribution in [3.63, 3.8) is 0 Å². The molecule has 2 rings (SSSR count). The van der Waals surface area contributed by atoms with Gasteiger partial charge in [-0.25, -0.2) is 5.43 Å². The number of amides is 1. The Bertz CT molecular complexity index is 759. The van der Waals surface area contributed by atoms with Crippen LogP contribution < -0.4 is 14.9 Å². The Morgan fingerprint density at radius 3 is 2.48 bits per heavy atom. The maximum absolute atomic E-state index is 10.7. The number of nitro groups is 1. The number of hydrogen-bond acceptors (Lipinski definition) is 6. The molecule has 0 aromatic heterocycles. The van der Waals surface area contributed by atoms with E-state index in [-0.39, 0.29) is 11.6 Å². The monoisotopic (exact) mass is 343 g/mol. The van der Waals surface area contributed by atoms with E-state index in [0.29, 0.717) is 24.7 Å². The van der Waals surface area contributed by atoms with Crippen molar-refractivity contribution in [2.45, 2.75) is 6.92 Å². The Morgan fingerprint density at radius 1 is 1.16 bits per heavy atom. The summed E-state index contributed by atoms with van der Waals surface area (Å²) in [6, 6.07) is 13.0. The minimum absolute atomic E-state index is 0.0151. The SMILES string of the molecule is CC(=O)NN=Cc1cccc(OCCOc2ccc([N+](=O)[O-])cc2)c1. The molecule has 0 bridgehead atoms. The van der Waals surface area contributed by atoms with E-state index in [1.165, 1.54) is 37.4 Å². The summed E-state index contributed by atoms with van der Waals surface area (Å²) < 4.78 is 11.0. The van der Waals surface area contributed by atoms with E-state index in [0.717, 1.165) is 5.56 Å². The lowest BCUT2D eigenvalue weighted by molar-refractivity contribution is -0.384. The summed E-state index contributed by atoms with van der Waals surface area (Å²) in [6.07, 6.45) is 1.52. The predicted molar refractivity (Wildman–Crippen MR) is 91.9 cm³/mol. The van der Waals surface area contributed by atoms with Gasteiger partial charge in [-0.3, -0.25) is 14.9 Å². The van der Waals surface area contributed by atoms with Crippen molar-refractivity contribution in [1.82, 2.24) is 5.43 Å². The lowest BCUT2D eigenvalue weighted by Gasteiger charge is -2.08. The Labute approximate surface area is 144 Å². The van der Waals surface area contributed by atoms with Gasteiger partial charge in [0.1, 0.15) is 24.7 Å². The number of non-ortho nitro benzene ring substituents is 1. The van der Waals surface area contributed by atoms with E-state index >= 15 is 0 Å². The van der Waals surface area contributed by atoms with Gasteiger partial charge in [-0.05, 0) is 29.8 Å². The first-order chi connectivity index (χ1) is 12.0. The highest BCUT2D eigenvalue weighted by Crippen LogP contribution is 2.17. The lowest BCUT2D eigenvalue weighted by Crippen LogP contribution is -2.12. The highest BCUT2D eigenvalue weighted by Gasteiger charge is 2.04. The number of hydrazone groups is 1. The number of ether oxygens (including phenoxy) is 2. The molecule has 0 saturated carbocycles. The van der Waals surface area contributed by atoms with Gasteiger partial charge in [0.25, 0.3) is 5.69 Å². The molecule has 0 unspecified atom stereocenters. The third kappa shape index (κ3) is 6.30. The van der Waals surface area contributed by atoms with E-state index in [4.69, 9.17) is 9.47 Å². The number of nitrogens with one attached hydrogen (secondary N) is 1. The second-order valence-corrected chi connectivity index (χ2v) is 4.95. The van der Waals surface area contributed by atoms with Crippen molar-refractivity contribution in [2.75, 3.05) is 13.2 Å². The largest absolute Gasteiger partial charge is 0.490 e. The third-order valence-electron chi connectivity index (χ3n) is 2.96. The van der Waals surface area contributed by atoms with Gasteiger partial charge in [0, 0.05) is 19.1 Å². The van der Waals surface area contributed by atoms with Crippen molar-refractivity contribution in [1.29, 1.82) is 0 Å². The minimum Gasteiger partial charge on any atom is -0.490 e. The van der Waals surface area contributed by atoms with Crippen LogP contribution >= 0.6 is 0 Å². The Kier molecular flexibility index (Phi) is 6.47. The second-order valence-electron chi connectivity index (χ2n) is 4.95. The highest BCUT2D eigenvalue weighted by atomic mass is 16.6. The van der Waals surface area contributed by atoms with Crippen molar-refractivity contribution < 1.29 is 19.2 Å². The molecule has 1 N–H and O–H groups in total. The van der Waals surface area contributed by atoms with Crippen LogP contribution in [0.4, 0.5) is 5.69 Å². The van der Waals surface area contributed by atoms with Crippen LogP contribution in [-0.4, -0.2) is 30.3 Å². The van der Waals surface area contributed by atoms with Gasteiger partial charge in [0.2, 0.25) is 5.91 Å². The number of carbonyl (C=O) groups excluding carboxylic acids is 1. The van der Waals surface area contributed by atoms with Crippen molar-refractivity contribution >= 4 is 17.8 Å². The molecule has 0 saturated heterocycles.